The zero-order valence-corrected chi connectivity index (χ0v) is 14.0. The molecule has 0 saturated heterocycles. The molecule has 1 aliphatic rings. The molecule has 2 aromatic rings. The fraction of sp³-hybridized carbons (Fsp3) is 0.412. The van der Waals surface area contributed by atoms with Gasteiger partial charge in [-0.05, 0) is 59.2 Å². The monoisotopic (exact) mass is 318 g/mol. The van der Waals surface area contributed by atoms with Crippen molar-refractivity contribution < 1.29 is 0 Å². The second kappa shape index (κ2) is 6.97. The molecule has 0 spiro atoms. The summed E-state index contributed by atoms with van der Waals surface area (Å²) in [6.45, 7) is 1.69. The molecular formula is C17H22N2S2. The van der Waals surface area contributed by atoms with Crippen LogP contribution in [0.5, 0.6) is 0 Å². The summed E-state index contributed by atoms with van der Waals surface area (Å²) in [7, 11) is 0. The van der Waals surface area contributed by atoms with Crippen molar-refractivity contribution >= 4 is 23.1 Å². The van der Waals surface area contributed by atoms with Gasteiger partial charge in [0.2, 0.25) is 0 Å². The molecule has 0 bridgehead atoms. The molecule has 112 valence electrons. The van der Waals surface area contributed by atoms with E-state index in [4.69, 9.17) is 5.73 Å². The van der Waals surface area contributed by atoms with Crippen LogP contribution in [-0.2, 0) is 6.54 Å². The molecule has 1 aromatic heterocycles. The Kier molecular flexibility index (Phi) is 5.01. The maximum Gasteiger partial charge on any atom is 0.0476 e. The Bertz CT molecular complexity index is 547. The molecule has 21 heavy (non-hydrogen) atoms. The van der Waals surface area contributed by atoms with Crippen LogP contribution in [0, 0.1) is 0 Å². The summed E-state index contributed by atoms with van der Waals surface area (Å²) in [5.74, 6) is 0. The highest BCUT2D eigenvalue weighted by molar-refractivity contribution is 7.98. The fourth-order valence-corrected chi connectivity index (χ4v) is 3.85. The summed E-state index contributed by atoms with van der Waals surface area (Å²) in [6, 6.07) is 12.2. The van der Waals surface area contributed by atoms with Crippen molar-refractivity contribution in [2.75, 3.05) is 12.8 Å². The van der Waals surface area contributed by atoms with Gasteiger partial charge in [-0.3, -0.25) is 4.90 Å². The molecular weight excluding hydrogens is 296 g/mol. The van der Waals surface area contributed by atoms with Crippen molar-refractivity contribution in [1.29, 1.82) is 0 Å². The van der Waals surface area contributed by atoms with Crippen LogP contribution in [0.4, 0.5) is 0 Å². The first-order valence-corrected chi connectivity index (χ1v) is 9.59. The number of hydrogen-bond donors (Lipinski definition) is 1. The lowest BCUT2D eigenvalue weighted by Crippen LogP contribution is -2.35. The highest BCUT2D eigenvalue weighted by Crippen LogP contribution is 2.36. The van der Waals surface area contributed by atoms with Gasteiger partial charge in [-0.25, -0.2) is 0 Å². The molecule has 2 nitrogen and oxygen atoms in total. The summed E-state index contributed by atoms with van der Waals surface area (Å²) < 4.78 is 0. The number of hydrogen-bond acceptors (Lipinski definition) is 4. The molecule has 1 atom stereocenters. The van der Waals surface area contributed by atoms with Crippen LogP contribution in [-0.4, -0.2) is 23.7 Å². The Hall–Kier alpha value is -0.810. The first-order valence-electron chi connectivity index (χ1n) is 7.42. The molecule has 1 unspecified atom stereocenters. The lowest BCUT2D eigenvalue weighted by atomic mass is 10.0. The molecule has 2 N–H and O–H groups in total. The van der Waals surface area contributed by atoms with Crippen LogP contribution in [0.3, 0.4) is 0 Å². The highest BCUT2D eigenvalue weighted by Gasteiger charge is 2.34. The molecule has 1 aliphatic carbocycles. The van der Waals surface area contributed by atoms with Gasteiger partial charge in [0, 0.05) is 30.1 Å². The third kappa shape index (κ3) is 3.69. The summed E-state index contributed by atoms with van der Waals surface area (Å²) in [6.07, 6.45) is 4.73. The van der Waals surface area contributed by atoms with Crippen molar-refractivity contribution in [3.63, 3.8) is 0 Å². The molecule has 0 amide bonds. The average Bonchev–Trinajstić information content (AvgIpc) is 3.25. The minimum Gasteiger partial charge on any atom is -0.329 e. The first-order chi connectivity index (χ1) is 10.3. The molecule has 1 aromatic carbocycles. The topological polar surface area (TPSA) is 29.3 Å². The number of nitrogens with two attached hydrogens (primary N) is 1. The number of thiophene rings is 1. The minimum absolute atomic E-state index is 0.327. The second-order valence-corrected chi connectivity index (χ2v) is 7.22. The molecule has 1 fully saturated rings. The Morgan fingerprint density at radius 1 is 1.29 bits per heavy atom. The van der Waals surface area contributed by atoms with Crippen molar-refractivity contribution in [2.24, 2.45) is 5.73 Å². The van der Waals surface area contributed by atoms with Crippen molar-refractivity contribution in [3.05, 3.63) is 52.2 Å². The normalized spacial score (nSPS) is 16.3. The van der Waals surface area contributed by atoms with Gasteiger partial charge in [0.1, 0.15) is 0 Å². The molecule has 1 heterocycles. The van der Waals surface area contributed by atoms with E-state index >= 15 is 0 Å². The van der Waals surface area contributed by atoms with Gasteiger partial charge in [-0.15, -0.1) is 11.8 Å². The van der Waals surface area contributed by atoms with Crippen LogP contribution < -0.4 is 5.73 Å². The van der Waals surface area contributed by atoms with E-state index in [9.17, 15) is 0 Å². The van der Waals surface area contributed by atoms with Crippen molar-refractivity contribution in [2.45, 2.75) is 36.4 Å². The number of nitrogens with zero attached hydrogens (tertiary/aromatic N) is 1. The number of rotatable bonds is 7. The highest BCUT2D eigenvalue weighted by atomic mass is 32.2. The lowest BCUT2D eigenvalue weighted by molar-refractivity contribution is 0.182. The van der Waals surface area contributed by atoms with Gasteiger partial charge in [0.05, 0.1) is 0 Å². The molecule has 3 rings (SSSR count). The molecule has 0 radical (unpaired) electrons. The average molecular weight is 319 g/mol. The van der Waals surface area contributed by atoms with Crippen LogP contribution in [0.1, 0.15) is 30.0 Å². The van der Waals surface area contributed by atoms with E-state index in [-0.39, 0.29) is 0 Å². The van der Waals surface area contributed by atoms with Gasteiger partial charge < -0.3 is 5.73 Å². The maximum atomic E-state index is 6.13. The SMILES string of the molecule is CSc1ccc(C(CN)N(Cc2ccsc2)C2CC2)cc1. The zero-order chi connectivity index (χ0) is 14.7. The van der Waals surface area contributed by atoms with Gasteiger partial charge in [0.25, 0.3) is 0 Å². The number of benzene rings is 1. The van der Waals surface area contributed by atoms with Crippen molar-refractivity contribution in [1.82, 2.24) is 4.90 Å². The van der Waals surface area contributed by atoms with Gasteiger partial charge >= 0.3 is 0 Å². The van der Waals surface area contributed by atoms with E-state index in [1.165, 1.54) is 28.9 Å². The maximum absolute atomic E-state index is 6.13. The molecule has 1 saturated carbocycles. The second-order valence-electron chi connectivity index (χ2n) is 5.56. The Morgan fingerprint density at radius 2 is 2.05 bits per heavy atom. The summed E-state index contributed by atoms with van der Waals surface area (Å²) >= 11 is 3.56. The van der Waals surface area contributed by atoms with E-state index in [1.807, 2.05) is 0 Å². The smallest absolute Gasteiger partial charge is 0.0476 e. The molecule has 0 aliphatic heterocycles. The zero-order valence-electron chi connectivity index (χ0n) is 12.4. The largest absolute Gasteiger partial charge is 0.329 e. The van der Waals surface area contributed by atoms with Crippen LogP contribution in [0.25, 0.3) is 0 Å². The number of thioether (sulfide) groups is 1. The van der Waals surface area contributed by atoms with Crippen molar-refractivity contribution in [3.8, 4) is 0 Å². The summed E-state index contributed by atoms with van der Waals surface area (Å²) in [5, 5.41) is 4.41. The predicted molar refractivity (Wildman–Crippen MR) is 92.9 cm³/mol. The quantitative estimate of drug-likeness (QED) is 0.778. The van der Waals surface area contributed by atoms with E-state index in [0.717, 1.165) is 6.54 Å². The first kappa shape index (κ1) is 15.1. The van der Waals surface area contributed by atoms with Crippen LogP contribution in [0.15, 0.2) is 46.0 Å². The van der Waals surface area contributed by atoms with E-state index in [2.05, 4.69) is 52.2 Å². The van der Waals surface area contributed by atoms with Crippen LogP contribution >= 0.6 is 23.1 Å². The minimum atomic E-state index is 0.327. The van der Waals surface area contributed by atoms with Crippen LogP contribution in [0.2, 0.25) is 0 Å². The predicted octanol–water partition coefficient (Wildman–Crippen LogP) is 4.13. The summed E-state index contributed by atoms with van der Waals surface area (Å²) in [4.78, 5) is 3.90. The van der Waals surface area contributed by atoms with E-state index in [0.29, 0.717) is 18.6 Å². The Labute approximate surface area is 135 Å². The Morgan fingerprint density at radius 3 is 2.57 bits per heavy atom. The Balaban J connectivity index is 1.80. The fourth-order valence-electron chi connectivity index (χ4n) is 2.78. The van der Waals surface area contributed by atoms with Gasteiger partial charge in [-0.2, -0.15) is 11.3 Å². The van der Waals surface area contributed by atoms with E-state index < -0.39 is 0 Å². The standard InChI is InChI=1S/C17H22N2S2/c1-20-16-6-2-14(3-7-16)17(10-18)19(15-4-5-15)11-13-8-9-21-12-13/h2-3,6-9,12,15,17H,4-5,10-11,18H2,1H3. The summed E-state index contributed by atoms with van der Waals surface area (Å²) in [5.41, 5.74) is 8.88. The lowest BCUT2D eigenvalue weighted by Gasteiger charge is -2.31. The third-order valence-corrected chi connectivity index (χ3v) is 5.56. The molecule has 4 heteroatoms. The van der Waals surface area contributed by atoms with E-state index in [1.54, 1.807) is 23.1 Å². The van der Waals surface area contributed by atoms with Gasteiger partial charge in [-0.1, -0.05) is 12.1 Å². The van der Waals surface area contributed by atoms with Gasteiger partial charge in [0.15, 0.2) is 0 Å². The third-order valence-electron chi connectivity index (χ3n) is 4.09.